The minimum atomic E-state index is 0.829. The van der Waals surface area contributed by atoms with Crippen molar-refractivity contribution in [3.8, 4) is 28.4 Å². The number of benzene rings is 3. The van der Waals surface area contributed by atoms with Gasteiger partial charge >= 0.3 is 0 Å². The van der Waals surface area contributed by atoms with Crippen molar-refractivity contribution in [3.63, 3.8) is 0 Å². The normalized spacial score (nSPS) is 10.5. The summed E-state index contributed by atoms with van der Waals surface area (Å²) in [6, 6.07) is 18.0. The topological polar surface area (TPSA) is 27.7 Å². The van der Waals surface area contributed by atoms with Gasteiger partial charge in [0.05, 0.1) is 21.3 Å². The quantitative estimate of drug-likeness (QED) is 0.707. The average molecular weight is 294 g/mol. The zero-order chi connectivity index (χ0) is 15.5. The smallest absolute Gasteiger partial charge is 0.134 e. The summed E-state index contributed by atoms with van der Waals surface area (Å²) < 4.78 is 16.5. The summed E-state index contributed by atoms with van der Waals surface area (Å²) >= 11 is 0. The molecule has 0 spiro atoms. The fourth-order valence-corrected chi connectivity index (χ4v) is 2.69. The van der Waals surface area contributed by atoms with Crippen LogP contribution in [0.4, 0.5) is 0 Å². The molecule has 0 bridgehead atoms. The van der Waals surface area contributed by atoms with Crippen molar-refractivity contribution in [3.05, 3.63) is 54.6 Å². The number of hydrogen-bond acceptors (Lipinski definition) is 3. The Bertz CT molecular complexity index is 792. The SMILES string of the molecule is COc1ccc(-c2cc(OC)c3ccccc3c2OC)cc1. The van der Waals surface area contributed by atoms with Crippen molar-refractivity contribution >= 4 is 10.8 Å². The Morgan fingerprint density at radius 2 is 1.36 bits per heavy atom. The monoisotopic (exact) mass is 294 g/mol. The van der Waals surface area contributed by atoms with Gasteiger partial charge in [-0.15, -0.1) is 0 Å². The maximum absolute atomic E-state index is 5.68. The molecule has 0 fully saturated rings. The molecule has 0 aliphatic carbocycles. The van der Waals surface area contributed by atoms with Gasteiger partial charge in [-0.05, 0) is 23.8 Å². The summed E-state index contributed by atoms with van der Waals surface area (Å²) in [6.07, 6.45) is 0. The maximum Gasteiger partial charge on any atom is 0.134 e. The molecule has 0 radical (unpaired) electrons. The van der Waals surface area contributed by atoms with Gasteiger partial charge in [0, 0.05) is 16.3 Å². The van der Waals surface area contributed by atoms with Crippen LogP contribution < -0.4 is 14.2 Å². The first-order valence-electron chi connectivity index (χ1n) is 7.06. The summed E-state index contributed by atoms with van der Waals surface area (Å²) in [5, 5.41) is 2.08. The minimum Gasteiger partial charge on any atom is -0.497 e. The van der Waals surface area contributed by atoms with Crippen LogP contribution >= 0.6 is 0 Å². The Morgan fingerprint density at radius 3 is 1.95 bits per heavy atom. The lowest BCUT2D eigenvalue weighted by atomic mass is 9.98. The van der Waals surface area contributed by atoms with E-state index < -0.39 is 0 Å². The van der Waals surface area contributed by atoms with Gasteiger partial charge in [0.25, 0.3) is 0 Å². The van der Waals surface area contributed by atoms with E-state index in [2.05, 4.69) is 0 Å². The fourth-order valence-electron chi connectivity index (χ4n) is 2.69. The highest BCUT2D eigenvalue weighted by molar-refractivity contribution is 5.99. The Balaban J connectivity index is 2.27. The van der Waals surface area contributed by atoms with Gasteiger partial charge < -0.3 is 14.2 Å². The second kappa shape index (κ2) is 5.98. The molecular formula is C19H18O3. The Hall–Kier alpha value is -2.68. The molecule has 0 heterocycles. The van der Waals surface area contributed by atoms with Gasteiger partial charge in [-0.25, -0.2) is 0 Å². The number of ether oxygens (including phenoxy) is 3. The van der Waals surface area contributed by atoms with Gasteiger partial charge in [0.1, 0.15) is 17.2 Å². The first kappa shape index (κ1) is 14.3. The highest BCUT2D eigenvalue weighted by Gasteiger charge is 2.14. The third-order valence-corrected chi connectivity index (χ3v) is 3.78. The maximum atomic E-state index is 5.68. The average Bonchev–Trinajstić information content (AvgIpc) is 2.60. The van der Waals surface area contributed by atoms with Crippen molar-refractivity contribution < 1.29 is 14.2 Å². The molecule has 0 atom stereocenters. The molecule has 0 aliphatic rings. The molecule has 0 saturated carbocycles. The summed E-state index contributed by atoms with van der Waals surface area (Å²) in [5.41, 5.74) is 2.06. The molecule has 3 nitrogen and oxygen atoms in total. The number of fused-ring (bicyclic) bond motifs is 1. The van der Waals surface area contributed by atoms with Crippen LogP contribution in [0.25, 0.3) is 21.9 Å². The zero-order valence-electron chi connectivity index (χ0n) is 12.9. The molecule has 0 saturated heterocycles. The van der Waals surface area contributed by atoms with E-state index in [1.54, 1.807) is 21.3 Å². The third kappa shape index (κ3) is 2.35. The Morgan fingerprint density at radius 1 is 0.682 bits per heavy atom. The van der Waals surface area contributed by atoms with E-state index in [0.29, 0.717) is 0 Å². The molecule has 112 valence electrons. The first-order chi connectivity index (χ1) is 10.8. The summed E-state index contributed by atoms with van der Waals surface area (Å²) in [7, 11) is 5.04. The minimum absolute atomic E-state index is 0.829. The van der Waals surface area contributed by atoms with Crippen molar-refractivity contribution in [2.45, 2.75) is 0 Å². The van der Waals surface area contributed by atoms with Crippen LogP contribution in [0.1, 0.15) is 0 Å². The van der Waals surface area contributed by atoms with Crippen LogP contribution in [0.5, 0.6) is 17.2 Å². The van der Waals surface area contributed by atoms with Gasteiger partial charge in [0.2, 0.25) is 0 Å². The first-order valence-corrected chi connectivity index (χ1v) is 7.06. The molecule has 22 heavy (non-hydrogen) atoms. The van der Waals surface area contributed by atoms with E-state index in [4.69, 9.17) is 14.2 Å². The molecule has 0 unspecified atom stereocenters. The van der Waals surface area contributed by atoms with Crippen molar-refractivity contribution in [1.29, 1.82) is 0 Å². The molecule has 3 rings (SSSR count). The summed E-state index contributed by atoms with van der Waals surface area (Å²) in [4.78, 5) is 0. The van der Waals surface area contributed by atoms with E-state index >= 15 is 0 Å². The molecular weight excluding hydrogens is 276 g/mol. The Kier molecular flexibility index (Phi) is 3.88. The van der Waals surface area contributed by atoms with Crippen molar-refractivity contribution in [2.24, 2.45) is 0 Å². The van der Waals surface area contributed by atoms with Gasteiger partial charge in [-0.2, -0.15) is 0 Å². The molecule has 3 aromatic rings. The van der Waals surface area contributed by atoms with Crippen molar-refractivity contribution in [1.82, 2.24) is 0 Å². The highest BCUT2D eigenvalue weighted by Crippen LogP contribution is 2.42. The van der Waals surface area contributed by atoms with Crippen LogP contribution in [0.15, 0.2) is 54.6 Å². The van der Waals surface area contributed by atoms with Crippen LogP contribution in [0.2, 0.25) is 0 Å². The lowest BCUT2D eigenvalue weighted by Crippen LogP contribution is -1.93. The van der Waals surface area contributed by atoms with E-state index in [1.807, 2.05) is 54.6 Å². The molecule has 3 aromatic carbocycles. The molecule has 0 N–H and O–H groups in total. The lowest BCUT2D eigenvalue weighted by Gasteiger charge is -2.15. The highest BCUT2D eigenvalue weighted by atomic mass is 16.5. The number of methoxy groups -OCH3 is 3. The molecule has 0 aliphatic heterocycles. The molecule has 0 aromatic heterocycles. The van der Waals surface area contributed by atoms with E-state index in [-0.39, 0.29) is 0 Å². The number of rotatable bonds is 4. The van der Waals surface area contributed by atoms with Crippen LogP contribution in [0, 0.1) is 0 Å². The predicted molar refractivity (Wildman–Crippen MR) is 89.0 cm³/mol. The van der Waals surface area contributed by atoms with Crippen LogP contribution in [-0.4, -0.2) is 21.3 Å². The standard InChI is InChI=1S/C19H18O3/c1-20-14-10-8-13(9-11-14)17-12-18(21-2)15-6-4-5-7-16(15)19(17)22-3/h4-12H,1-3H3. The molecule has 0 amide bonds. The van der Waals surface area contributed by atoms with E-state index in [9.17, 15) is 0 Å². The van der Waals surface area contributed by atoms with E-state index in [1.165, 1.54) is 0 Å². The van der Waals surface area contributed by atoms with Gasteiger partial charge in [0.15, 0.2) is 0 Å². The summed E-state index contributed by atoms with van der Waals surface area (Å²) in [6.45, 7) is 0. The van der Waals surface area contributed by atoms with E-state index in [0.717, 1.165) is 39.1 Å². The Labute approximate surface area is 130 Å². The summed E-state index contributed by atoms with van der Waals surface area (Å²) in [5.74, 6) is 2.51. The predicted octanol–water partition coefficient (Wildman–Crippen LogP) is 4.53. The fraction of sp³-hybridized carbons (Fsp3) is 0.158. The lowest BCUT2D eigenvalue weighted by molar-refractivity contribution is 0.411. The third-order valence-electron chi connectivity index (χ3n) is 3.78. The van der Waals surface area contributed by atoms with Crippen molar-refractivity contribution in [2.75, 3.05) is 21.3 Å². The second-order valence-electron chi connectivity index (χ2n) is 4.93. The molecule has 3 heteroatoms. The second-order valence-corrected chi connectivity index (χ2v) is 4.93. The van der Waals surface area contributed by atoms with Crippen LogP contribution in [-0.2, 0) is 0 Å². The largest absolute Gasteiger partial charge is 0.497 e. The zero-order valence-corrected chi connectivity index (χ0v) is 12.9. The van der Waals surface area contributed by atoms with Gasteiger partial charge in [-0.3, -0.25) is 0 Å². The van der Waals surface area contributed by atoms with Gasteiger partial charge in [-0.1, -0.05) is 36.4 Å². The van der Waals surface area contributed by atoms with Crippen LogP contribution in [0.3, 0.4) is 0 Å². The number of hydrogen-bond donors (Lipinski definition) is 0.